The van der Waals surface area contributed by atoms with Crippen LogP contribution in [0.15, 0.2) is 72.0 Å². The fourth-order valence-electron chi connectivity index (χ4n) is 5.54. The molecule has 2 aromatic carbocycles. The summed E-state index contributed by atoms with van der Waals surface area (Å²) in [5.41, 5.74) is 5.67. The Balaban J connectivity index is 1.25. The number of pyridine rings is 1. The smallest absolute Gasteiger partial charge is 0.404 e. The molecule has 2 amide bonds. The van der Waals surface area contributed by atoms with Gasteiger partial charge in [-0.05, 0) is 54.8 Å². The molecule has 0 radical (unpaired) electrons. The van der Waals surface area contributed by atoms with Gasteiger partial charge in [-0.1, -0.05) is 87.1 Å². The fraction of sp³-hybridized carbons (Fsp3) is 0.382. The summed E-state index contributed by atoms with van der Waals surface area (Å²) in [6.07, 6.45) is 4.26. The number of rotatable bonds is 9. The second-order valence-corrected chi connectivity index (χ2v) is 13.2. The lowest BCUT2D eigenvalue weighted by Gasteiger charge is -2.35. The number of benzene rings is 2. The number of hydrogen-bond acceptors (Lipinski definition) is 7. The first-order chi connectivity index (χ1) is 21.1. The Bertz CT molecular complexity index is 1600. The molecule has 3 N–H and O–H groups in total. The Morgan fingerprint density at radius 1 is 1.02 bits per heavy atom. The summed E-state index contributed by atoms with van der Waals surface area (Å²) in [5, 5.41) is 16.1. The van der Waals surface area contributed by atoms with E-state index in [9.17, 15) is 9.59 Å². The highest BCUT2D eigenvalue weighted by Crippen LogP contribution is 2.33. The average molecular weight is 613 g/mol. The monoisotopic (exact) mass is 612 g/mol. The van der Waals surface area contributed by atoms with Crippen LogP contribution in [0.25, 0.3) is 33.4 Å². The molecule has 1 fully saturated rings. The van der Waals surface area contributed by atoms with Gasteiger partial charge < -0.3 is 15.7 Å². The first kappa shape index (κ1) is 31.4. The van der Waals surface area contributed by atoms with Gasteiger partial charge in [0.1, 0.15) is 0 Å². The molecule has 5 rings (SSSR count). The second-order valence-electron chi connectivity index (χ2n) is 12.4. The third kappa shape index (κ3) is 7.73. The predicted molar refractivity (Wildman–Crippen MR) is 175 cm³/mol. The van der Waals surface area contributed by atoms with Crippen molar-refractivity contribution in [1.29, 1.82) is 0 Å². The molecule has 0 bridgehead atoms. The maximum absolute atomic E-state index is 13.1. The van der Waals surface area contributed by atoms with Gasteiger partial charge in [-0.25, -0.2) is 19.7 Å². The van der Waals surface area contributed by atoms with Gasteiger partial charge in [0.05, 0.1) is 11.7 Å². The molecule has 3 heterocycles. The number of aromatic nitrogens is 3. The fourth-order valence-corrected chi connectivity index (χ4v) is 5.87. The Morgan fingerprint density at radius 3 is 2.36 bits per heavy atom. The van der Waals surface area contributed by atoms with Crippen LogP contribution < -0.4 is 10.6 Å². The zero-order valence-corrected chi connectivity index (χ0v) is 26.5. The molecule has 1 aliphatic rings. The van der Waals surface area contributed by atoms with Crippen LogP contribution in [-0.4, -0.2) is 68.9 Å². The lowest BCUT2D eigenvalue weighted by atomic mass is 9.85. The van der Waals surface area contributed by atoms with Gasteiger partial charge in [0.15, 0.2) is 10.8 Å². The van der Waals surface area contributed by atoms with Crippen LogP contribution in [0.2, 0.25) is 0 Å². The van der Waals surface area contributed by atoms with E-state index in [4.69, 9.17) is 10.1 Å². The summed E-state index contributed by atoms with van der Waals surface area (Å²) in [5.74, 6) is -0.0673. The number of hydrogen-bond donors (Lipinski definition) is 3. The summed E-state index contributed by atoms with van der Waals surface area (Å²) in [4.78, 5) is 40.6. The van der Waals surface area contributed by atoms with Gasteiger partial charge in [-0.2, -0.15) is 0 Å². The molecule has 0 saturated carbocycles. The number of carboxylic acid groups (broad SMARTS) is 1. The standard InChI is InChI=1S/C34H40N6O3S/c1-34(2,3)28(20-36-33(42)43)37-31(41)25-14-16-40(17-15-25)21-22-10-12-24(13-11-22)29-27(23-8-6-5-7-9-23)18-26-19-35-32(44-4)39-30(26)38-29/h5-13,18-19,25,28,36H,14-17,20-21H2,1-4H3,(H,37,41)(H,42,43). The van der Waals surface area contributed by atoms with E-state index in [-0.39, 0.29) is 29.8 Å². The van der Waals surface area contributed by atoms with Crippen molar-refractivity contribution < 1.29 is 14.7 Å². The highest BCUT2D eigenvalue weighted by molar-refractivity contribution is 7.98. The molecule has 230 valence electrons. The van der Waals surface area contributed by atoms with Crippen LogP contribution in [-0.2, 0) is 11.3 Å². The first-order valence-corrected chi connectivity index (χ1v) is 16.2. The van der Waals surface area contributed by atoms with Crippen molar-refractivity contribution in [2.24, 2.45) is 11.3 Å². The minimum Gasteiger partial charge on any atom is -0.465 e. The number of nitrogens with one attached hydrogen (secondary N) is 2. The number of piperidine rings is 1. The summed E-state index contributed by atoms with van der Waals surface area (Å²) in [6, 6.07) is 20.7. The SMILES string of the molecule is CSc1ncc2cc(-c3ccccc3)c(-c3ccc(CN4CCC(C(=O)NC(CNC(=O)O)C(C)(C)C)CC4)cc3)nc2n1. The molecule has 1 aliphatic heterocycles. The maximum Gasteiger partial charge on any atom is 0.404 e. The topological polar surface area (TPSA) is 120 Å². The molecule has 0 aliphatic carbocycles. The second kappa shape index (κ2) is 13.7. The number of fused-ring (bicyclic) bond motifs is 1. The minimum atomic E-state index is -1.08. The minimum absolute atomic E-state index is 0.00754. The van der Waals surface area contributed by atoms with Crippen molar-refractivity contribution in [3.63, 3.8) is 0 Å². The van der Waals surface area contributed by atoms with Crippen LogP contribution in [0.5, 0.6) is 0 Å². The highest BCUT2D eigenvalue weighted by Gasteiger charge is 2.31. The molecular formula is C34H40N6O3S. The van der Waals surface area contributed by atoms with Gasteiger partial charge >= 0.3 is 6.09 Å². The van der Waals surface area contributed by atoms with E-state index in [0.717, 1.165) is 60.2 Å². The van der Waals surface area contributed by atoms with Crippen molar-refractivity contribution in [3.05, 3.63) is 72.4 Å². The van der Waals surface area contributed by atoms with E-state index in [1.54, 1.807) is 0 Å². The number of carbonyl (C=O) groups is 2. The molecule has 2 aromatic heterocycles. The van der Waals surface area contributed by atoms with Crippen LogP contribution in [0.3, 0.4) is 0 Å². The molecule has 10 heteroatoms. The molecule has 4 aromatic rings. The summed E-state index contributed by atoms with van der Waals surface area (Å²) in [7, 11) is 0. The van der Waals surface area contributed by atoms with E-state index < -0.39 is 6.09 Å². The average Bonchev–Trinajstić information content (AvgIpc) is 3.02. The highest BCUT2D eigenvalue weighted by atomic mass is 32.2. The summed E-state index contributed by atoms with van der Waals surface area (Å²) in [6.45, 7) is 8.66. The van der Waals surface area contributed by atoms with Crippen molar-refractivity contribution >= 4 is 34.8 Å². The van der Waals surface area contributed by atoms with Crippen LogP contribution in [0.4, 0.5) is 4.79 Å². The molecule has 1 unspecified atom stereocenters. The lowest BCUT2D eigenvalue weighted by Crippen LogP contribution is -2.53. The Kier molecular flexibility index (Phi) is 9.80. The lowest BCUT2D eigenvalue weighted by molar-refractivity contribution is -0.128. The van der Waals surface area contributed by atoms with Crippen molar-refractivity contribution in [3.8, 4) is 22.4 Å². The van der Waals surface area contributed by atoms with Gasteiger partial charge in [0, 0.05) is 41.7 Å². The first-order valence-electron chi connectivity index (χ1n) is 15.0. The van der Waals surface area contributed by atoms with E-state index in [0.29, 0.717) is 10.8 Å². The number of carbonyl (C=O) groups excluding carboxylic acids is 1. The molecule has 1 saturated heterocycles. The summed E-state index contributed by atoms with van der Waals surface area (Å²) < 4.78 is 0. The zero-order chi connectivity index (χ0) is 31.3. The van der Waals surface area contributed by atoms with Crippen LogP contribution in [0.1, 0.15) is 39.2 Å². The molecule has 0 spiro atoms. The van der Waals surface area contributed by atoms with E-state index in [2.05, 4.69) is 68.0 Å². The number of nitrogens with zero attached hydrogens (tertiary/aromatic N) is 4. The quantitative estimate of drug-likeness (QED) is 0.153. The van der Waals surface area contributed by atoms with Crippen LogP contribution in [0, 0.1) is 11.3 Å². The van der Waals surface area contributed by atoms with Crippen molar-refractivity contribution in [2.75, 3.05) is 25.9 Å². The predicted octanol–water partition coefficient (Wildman–Crippen LogP) is 6.09. The van der Waals surface area contributed by atoms with Crippen molar-refractivity contribution in [2.45, 2.75) is 51.4 Å². The van der Waals surface area contributed by atoms with E-state index in [1.807, 2.05) is 51.4 Å². The van der Waals surface area contributed by atoms with Gasteiger partial charge in [-0.15, -0.1) is 0 Å². The van der Waals surface area contributed by atoms with E-state index >= 15 is 0 Å². The zero-order valence-electron chi connectivity index (χ0n) is 25.7. The van der Waals surface area contributed by atoms with Gasteiger partial charge in [-0.3, -0.25) is 9.69 Å². The molecule has 44 heavy (non-hydrogen) atoms. The number of likely N-dealkylation sites (tertiary alicyclic amines) is 1. The molecule has 9 nitrogen and oxygen atoms in total. The van der Waals surface area contributed by atoms with Crippen molar-refractivity contribution in [1.82, 2.24) is 30.5 Å². The van der Waals surface area contributed by atoms with Crippen LogP contribution >= 0.6 is 11.8 Å². The number of thioether (sulfide) groups is 1. The Labute approximate surface area is 262 Å². The Hall–Kier alpha value is -4.02. The van der Waals surface area contributed by atoms with E-state index in [1.165, 1.54) is 17.3 Å². The largest absolute Gasteiger partial charge is 0.465 e. The third-order valence-corrected chi connectivity index (χ3v) is 8.79. The summed E-state index contributed by atoms with van der Waals surface area (Å²) >= 11 is 1.50. The maximum atomic E-state index is 13.1. The Morgan fingerprint density at radius 2 is 1.73 bits per heavy atom. The molecular weight excluding hydrogens is 572 g/mol. The third-order valence-electron chi connectivity index (χ3n) is 8.23. The normalized spacial score (nSPS) is 15.2. The van der Waals surface area contributed by atoms with Gasteiger partial charge in [0.2, 0.25) is 5.91 Å². The number of amides is 2. The van der Waals surface area contributed by atoms with Gasteiger partial charge in [0.25, 0.3) is 0 Å². The molecule has 1 atom stereocenters.